The topological polar surface area (TPSA) is 75.5 Å². The highest BCUT2D eigenvalue weighted by Gasteiger charge is 2.39. The van der Waals surface area contributed by atoms with E-state index in [9.17, 15) is 14.9 Å². The Kier molecular flexibility index (Phi) is 3.08. The highest BCUT2D eigenvalue weighted by molar-refractivity contribution is 6.00. The molecule has 1 heterocycles. The molecule has 2 atom stereocenters. The number of nitrogens with one attached hydrogen (secondary N) is 1. The van der Waals surface area contributed by atoms with Gasteiger partial charge in [-0.3, -0.25) is 14.9 Å². The van der Waals surface area contributed by atoms with E-state index in [1.165, 1.54) is 25.0 Å². The highest BCUT2D eigenvalue weighted by Crippen LogP contribution is 2.41. The molecule has 0 spiro atoms. The van der Waals surface area contributed by atoms with Crippen molar-refractivity contribution >= 4 is 17.3 Å². The average Bonchev–Trinajstić information content (AvgIpc) is 3.08. The summed E-state index contributed by atoms with van der Waals surface area (Å²) in [5, 5.41) is 13.5. The molecule has 1 aliphatic carbocycles. The molecule has 1 aromatic rings. The summed E-state index contributed by atoms with van der Waals surface area (Å²) in [6.07, 6.45) is 3.57. The van der Waals surface area contributed by atoms with Crippen LogP contribution < -0.4 is 10.2 Å². The number of rotatable bonds is 3. The number of benzene rings is 1. The average molecular weight is 275 g/mol. The molecule has 1 aliphatic heterocycles. The molecule has 106 valence electrons. The van der Waals surface area contributed by atoms with Gasteiger partial charge in [0.25, 0.3) is 11.6 Å². The lowest BCUT2D eigenvalue weighted by molar-refractivity contribution is -0.384. The molecule has 1 saturated heterocycles. The predicted octanol–water partition coefficient (Wildman–Crippen LogP) is 1.94. The van der Waals surface area contributed by atoms with Gasteiger partial charge in [-0.05, 0) is 31.2 Å². The first-order valence-electron chi connectivity index (χ1n) is 6.87. The van der Waals surface area contributed by atoms with E-state index in [1.54, 1.807) is 13.1 Å². The number of carbonyl (C=O) groups excluding carboxylic acids is 1. The number of hydrogen-bond acceptors (Lipinski definition) is 4. The van der Waals surface area contributed by atoms with Crippen molar-refractivity contribution in [3.05, 3.63) is 33.9 Å². The van der Waals surface area contributed by atoms with Crippen molar-refractivity contribution in [3.8, 4) is 0 Å². The first kappa shape index (κ1) is 12.9. The van der Waals surface area contributed by atoms with Crippen LogP contribution in [0.25, 0.3) is 0 Å². The van der Waals surface area contributed by atoms with Crippen molar-refractivity contribution < 1.29 is 9.72 Å². The lowest BCUT2D eigenvalue weighted by Gasteiger charge is -2.30. The fourth-order valence-electron chi connectivity index (χ4n) is 3.42. The Bertz CT molecular complexity index is 573. The Morgan fingerprint density at radius 2 is 2.25 bits per heavy atom. The van der Waals surface area contributed by atoms with Crippen molar-refractivity contribution in [1.82, 2.24) is 5.32 Å². The third-order valence-electron chi connectivity index (χ3n) is 4.38. The van der Waals surface area contributed by atoms with E-state index in [0.29, 0.717) is 17.5 Å². The van der Waals surface area contributed by atoms with Crippen LogP contribution in [0.1, 0.15) is 29.6 Å². The Balaban J connectivity index is 2.01. The number of non-ortho nitro benzene ring substituents is 1. The second-order valence-electron chi connectivity index (χ2n) is 5.52. The number of nitro groups is 1. The van der Waals surface area contributed by atoms with E-state index < -0.39 is 4.92 Å². The zero-order chi connectivity index (χ0) is 14.3. The summed E-state index contributed by atoms with van der Waals surface area (Å²) < 4.78 is 0. The van der Waals surface area contributed by atoms with Gasteiger partial charge in [0.05, 0.1) is 16.2 Å². The van der Waals surface area contributed by atoms with E-state index in [4.69, 9.17) is 0 Å². The number of anilines is 1. The summed E-state index contributed by atoms with van der Waals surface area (Å²) >= 11 is 0. The van der Waals surface area contributed by atoms with E-state index in [-0.39, 0.29) is 11.6 Å². The maximum Gasteiger partial charge on any atom is 0.270 e. The lowest BCUT2D eigenvalue weighted by atomic mass is 10.1. The van der Waals surface area contributed by atoms with Crippen LogP contribution in [0.15, 0.2) is 18.2 Å². The van der Waals surface area contributed by atoms with Gasteiger partial charge in [-0.25, -0.2) is 0 Å². The van der Waals surface area contributed by atoms with E-state index in [1.807, 2.05) is 0 Å². The molecule has 1 amide bonds. The van der Waals surface area contributed by atoms with E-state index in [2.05, 4.69) is 10.2 Å². The number of fused-ring (bicyclic) bond motifs is 2. The number of piperidine rings is 1. The SMILES string of the molecule is CNC(=O)c1cc([N+](=O)[O-])ccc1N1CC2CCC1C2. The lowest BCUT2D eigenvalue weighted by Crippen LogP contribution is -2.34. The monoisotopic (exact) mass is 275 g/mol. The molecule has 2 aliphatic rings. The molecule has 6 heteroatoms. The van der Waals surface area contributed by atoms with Crippen LogP contribution in [0.4, 0.5) is 11.4 Å². The molecule has 3 rings (SSSR count). The quantitative estimate of drug-likeness (QED) is 0.675. The maximum absolute atomic E-state index is 12.0. The Labute approximate surface area is 116 Å². The second-order valence-corrected chi connectivity index (χ2v) is 5.52. The molecule has 6 nitrogen and oxygen atoms in total. The third kappa shape index (κ3) is 2.01. The van der Waals surface area contributed by atoms with Gasteiger partial charge in [-0.1, -0.05) is 0 Å². The van der Waals surface area contributed by atoms with Crippen molar-refractivity contribution in [3.63, 3.8) is 0 Å². The summed E-state index contributed by atoms with van der Waals surface area (Å²) in [4.78, 5) is 24.7. The molecular weight excluding hydrogens is 258 g/mol. The van der Waals surface area contributed by atoms with Crippen LogP contribution in [0.5, 0.6) is 0 Å². The van der Waals surface area contributed by atoms with Gasteiger partial charge in [-0.2, -0.15) is 0 Å². The molecule has 1 aromatic carbocycles. The van der Waals surface area contributed by atoms with Gasteiger partial charge in [-0.15, -0.1) is 0 Å². The van der Waals surface area contributed by atoms with Gasteiger partial charge in [0.15, 0.2) is 0 Å². The van der Waals surface area contributed by atoms with Crippen LogP contribution >= 0.6 is 0 Å². The van der Waals surface area contributed by atoms with Crippen molar-refractivity contribution in [2.24, 2.45) is 5.92 Å². The highest BCUT2D eigenvalue weighted by atomic mass is 16.6. The van der Waals surface area contributed by atoms with Crippen LogP contribution in [-0.2, 0) is 0 Å². The normalized spacial score (nSPS) is 23.9. The first-order valence-corrected chi connectivity index (χ1v) is 6.87. The Morgan fingerprint density at radius 3 is 2.80 bits per heavy atom. The van der Waals surface area contributed by atoms with Gasteiger partial charge < -0.3 is 10.2 Å². The molecule has 20 heavy (non-hydrogen) atoms. The van der Waals surface area contributed by atoms with Crippen molar-refractivity contribution in [1.29, 1.82) is 0 Å². The standard InChI is InChI=1S/C14H17N3O3/c1-15-14(18)12-7-11(17(19)20)4-5-13(12)16-8-9-2-3-10(16)6-9/h4-5,7,9-10H,2-3,6,8H2,1H3,(H,15,18). The Hall–Kier alpha value is -2.11. The zero-order valence-corrected chi connectivity index (χ0v) is 11.3. The maximum atomic E-state index is 12.0. The van der Waals surface area contributed by atoms with E-state index in [0.717, 1.165) is 18.7 Å². The van der Waals surface area contributed by atoms with Crippen LogP contribution in [0.3, 0.4) is 0 Å². The Morgan fingerprint density at radius 1 is 1.45 bits per heavy atom. The molecule has 2 fully saturated rings. The molecule has 2 bridgehead atoms. The molecule has 2 unspecified atom stereocenters. The predicted molar refractivity (Wildman–Crippen MR) is 75.0 cm³/mol. The summed E-state index contributed by atoms with van der Waals surface area (Å²) in [5.74, 6) is 0.430. The number of nitrogens with zero attached hydrogens (tertiary/aromatic N) is 2. The fraction of sp³-hybridized carbons (Fsp3) is 0.500. The summed E-state index contributed by atoms with van der Waals surface area (Å²) in [7, 11) is 1.54. The van der Waals surface area contributed by atoms with Crippen molar-refractivity contribution in [2.75, 3.05) is 18.5 Å². The number of amides is 1. The molecule has 0 aromatic heterocycles. The van der Waals surface area contributed by atoms with Gasteiger partial charge in [0.2, 0.25) is 0 Å². The van der Waals surface area contributed by atoms with Crippen molar-refractivity contribution in [2.45, 2.75) is 25.3 Å². The summed E-state index contributed by atoms with van der Waals surface area (Å²) in [6, 6.07) is 5.04. The van der Waals surface area contributed by atoms with Gasteiger partial charge >= 0.3 is 0 Å². The van der Waals surface area contributed by atoms with Crippen LogP contribution in [0.2, 0.25) is 0 Å². The number of hydrogen-bond donors (Lipinski definition) is 1. The van der Waals surface area contributed by atoms with Gasteiger partial charge in [0, 0.05) is 31.8 Å². The molecule has 0 radical (unpaired) electrons. The van der Waals surface area contributed by atoms with E-state index >= 15 is 0 Å². The number of nitro benzene ring substituents is 1. The van der Waals surface area contributed by atoms with Crippen LogP contribution in [0, 0.1) is 16.0 Å². The first-order chi connectivity index (χ1) is 9.60. The molecule has 1 N–H and O–H groups in total. The largest absolute Gasteiger partial charge is 0.368 e. The second kappa shape index (κ2) is 4.77. The third-order valence-corrected chi connectivity index (χ3v) is 4.38. The fourth-order valence-corrected chi connectivity index (χ4v) is 3.42. The summed E-state index contributed by atoms with van der Waals surface area (Å²) in [5.41, 5.74) is 1.17. The minimum absolute atomic E-state index is 0.0447. The molecular formula is C14H17N3O3. The molecule has 1 saturated carbocycles. The number of carbonyl (C=O) groups is 1. The van der Waals surface area contributed by atoms with Gasteiger partial charge in [0.1, 0.15) is 0 Å². The summed E-state index contributed by atoms with van der Waals surface area (Å²) in [6.45, 7) is 0.951. The zero-order valence-electron chi connectivity index (χ0n) is 11.3. The minimum Gasteiger partial charge on any atom is -0.368 e. The minimum atomic E-state index is -0.466. The van der Waals surface area contributed by atoms with Crippen LogP contribution in [-0.4, -0.2) is 30.5 Å². The smallest absolute Gasteiger partial charge is 0.270 e.